The molecule has 1 N–H and O–H groups in total. The lowest BCUT2D eigenvalue weighted by Gasteiger charge is -2.22. The van der Waals surface area contributed by atoms with Crippen LogP contribution in [0.4, 0.5) is 0 Å². The summed E-state index contributed by atoms with van der Waals surface area (Å²) in [5.41, 5.74) is 2.04. The third-order valence-corrected chi connectivity index (χ3v) is 3.33. The SMILES string of the molecule is CCc1cc(C2CCC(=O)NC2=O)ccc1OC. The van der Waals surface area contributed by atoms with Crippen molar-refractivity contribution in [3.05, 3.63) is 29.3 Å². The zero-order valence-corrected chi connectivity index (χ0v) is 10.7. The smallest absolute Gasteiger partial charge is 0.234 e. The average molecular weight is 247 g/mol. The van der Waals surface area contributed by atoms with Gasteiger partial charge in [-0.15, -0.1) is 0 Å². The van der Waals surface area contributed by atoms with E-state index < -0.39 is 0 Å². The molecular weight excluding hydrogens is 230 g/mol. The molecule has 0 aliphatic carbocycles. The van der Waals surface area contributed by atoms with Crippen LogP contribution in [0.15, 0.2) is 18.2 Å². The van der Waals surface area contributed by atoms with Gasteiger partial charge < -0.3 is 4.74 Å². The molecule has 0 bridgehead atoms. The van der Waals surface area contributed by atoms with Crippen LogP contribution in [0.5, 0.6) is 5.75 Å². The quantitative estimate of drug-likeness (QED) is 0.828. The second-order valence-corrected chi connectivity index (χ2v) is 4.43. The maximum Gasteiger partial charge on any atom is 0.234 e. The topological polar surface area (TPSA) is 55.4 Å². The Morgan fingerprint density at radius 2 is 2.17 bits per heavy atom. The molecule has 2 amide bonds. The highest BCUT2D eigenvalue weighted by Crippen LogP contribution is 2.29. The third kappa shape index (κ3) is 2.37. The molecule has 1 atom stereocenters. The molecule has 1 fully saturated rings. The number of nitrogens with one attached hydrogen (secondary N) is 1. The maximum atomic E-state index is 11.8. The summed E-state index contributed by atoms with van der Waals surface area (Å²) in [6, 6.07) is 5.79. The van der Waals surface area contributed by atoms with Gasteiger partial charge in [0.25, 0.3) is 0 Å². The minimum absolute atomic E-state index is 0.180. The zero-order valence-electron chi connectivity index (χ0n) is 10.7. The molecular formula is C14H17NO3. The van der Waals surface area contributed by atoms with Crippen LogP contribution in [0, 0.1) is 0 Å². The van der Waals surface area contributed by atoms with Crippen molar-refractivity contribution in [3.8, 4) is 5.75 Å². The van der Waals surface area contributed by atoms with E-state index in [-0.39, 0.29) is 17.7 Å². The number of carbonyl (C=O) groups excluding carboxylic acids is 2. The number of ether oxygens (including phenoxy) is 1. The second-order valence-electron chi connectivity index (χ2n) is 4.43. The van der Waals surface area contributed by atoms with Gasteiger partial charge in [0, 0.05) is 6.42 Å². The molecule has 2 rings (SSSR count). The van der Waals surface area contributed by atoms with Crippen LogP contribution in [0.3, 0.4) is 0 Å². The fourth-order valence-electron chi connectivity index (χ4n) is 2.30. The first-order valence-corrected chi connectivity index (χ1v) is 6.16. The Hall–Kier alpha value is -1.84. The molecule has 18 heavy (non-hydrogen) atoms. The van der Waals surface area contributed by atoms with Crippen LogP contribution < -0.4 is 10.1 Å². The van der Waals surface area contributed by atoms with Crippen molar-refractivity contribution >= 4 is 11.8 Å². The Balaban J connectivity index is 2.28. The van der Waals surface area contributed by atoms with Crippen molar-refractivity contribution in [2.24, 2.45) is 0 Å². The van der Waals surface area contributed by atoms with Gasteiger partial charge in [0.15, 0.2) is 0 Å². The second kappa shape index (κ2) is 5.21. The van der Waals surface area contributed by atoms with Crippen molar-refractivity contribution in [2.45, 2.75) is 32.1 Å². The molecule has 1 aromatic carbocycles. The first kappa shape index (κ1) is 12.6. The van der Waals surface area contributed by atoms with Crippen LogP contribution >= 0.6 is 0 Å². The van der Waals surface area contributed by atoms with Crippen molar-refractivity contribution in [3.63, 3.8) is 0 Å². The zero-order chi connectivity index (χ0) is 13.1. The van der Waals surface area contributed by atoms with Crippen LogP contribution in [0.2, 0.25) is 0 Å². The molecule has 1 unspecified atom stereocenters. The molecule has 4 heteroatoms. The number of methoxy groups -OCH3 is 1. The van der Waals surface area contributed by atoms with Crippen molar-refractivity contribution in [1.82, 2.24) is 5.32 Å². The summed E-state index contributed by atoms with van der Waals surface area (Å²) in [4.78, 5) is 22.9. The van der Waals surface area contributed by atoms with Gasteiger partial charge in [-0.3, -0.25) is 14.9 Å². The number of amides is 2. The molecule has 1 saturated heterocycles. The molecule has 0 radical (unpaired) electrons. The summed E-state index contributed by atoms with van der Waals surface area (Å²) in [6.07, 6.45) is 1.84. The van der Waals surface area contributed by atoms with Gasteiger partial charge in [-0.25, -0.2) is 0 Å². The molecule has 0 spiro atoms. The normalized spacial score (nSPS) is 19.6. The number of hydrogen-bond donors (Lipinski definition) is 1. The van der Waals surface area contributed by atoms with E-state index in [9.17, 15) is 9.59 Å². The van der Waals surface area contributed by atoms with Crippen LogP contribution in [-0.4, -0.2) is 18.9 Å². The standard InChI is InChI=1S/C14H17NO3/c1-3-9-8-10(4-6-12(9)18-2)11-5-7-13(16)15-14(11)17/h4,6,8,11H,3,5,7H2,1-2H3,(H,15,16,17). The number of aryl methyl sites for hydroxylation is 1. The molecule has 4 nitrogen and oxygen atoms in total. The Morgan fingerprint density at radius 1 is 1.39 bits per heavy atom. The lowest BCUT2D eigenvalue weighted by atomic mass is 9.89. The van der Waals surface area contributed by atoms with Gasteiger partial charge in [-0.1, -0.05) is 19.1 Å². The molecule has 1 aliphatic heterocycles. The fraction of sp³-hybridized carbons (Fsp3) is 0.429. The van der Waals surface area contributed by atoms with E-state index in [4.69, 9.17) is 4.74 Å². The van der Waals surface area contributed by atoms with Gasteiger partial charge in [-0.2, -0.15) is 0 Å². The Bertz CT molecular complexity index is 482. The largest absolute Gasteiger partial charge is 0.496 e. The van der Waals surface area contributed by atoms with Crippen LogP contribution in [-0.2, 0) is 16.0 Å². The van der Waals surface area contributed by atoms with Crippen molar-refractivity contribution in [2.75, 3.05) is 7.11 Å². The highest BCUT2D eigenvalue weighted by Gasteiger charge is 2.28. The van der Waals surface area contributed by atoms with E-state index in [2.05, 4.69) is 5.32 Å². The molecule has 96 valence electrons. The van der Waals surface area contributed by atoms with Gasteiger partial charge in [0.1, 0.15) is 5.75 Å². The summed E-state index contributed by atoms with van der Waals surface area (Å²) in [6.45, 7) is 2.05. The van der Waals surface area contributed by atoms with Gasteiger partial charge >= 0.3 is 0 Å². The molecule has 1 aromatic rings. The summed E-state index contributed by atoms with van der Waals surface area (Å²) in [5.74, 6) is 0.242. The summed E-state index contributed by atoms with van der Waals surface area (Å²) < 4.78 is 5.27. The van der Waals surface area contributed by atoms with E-state index in [0.29, 0.717) is 12.8 Å². The fourth-order valence-corrected chi connectivity index (χ4v) is 2.30. The maximum absolute atomic E-state index is 11.8. The first-order valence-electron chi connectivity index (χ1n) is 6.16. The molecule has 1 aliphatic rings. The van der Waals surface area contributed by atoms with E-state index in [0.717, 1.165) is 23.3 Å². The summed E-state index contributed by atoms with van der Waals surface area (Å²) >= 11 is 0. The predicted molar refractivity (Wildman–Crippen MR) is 67.5 cm³/mol. The minimum Gasteiger partial charge on any atom is -0.496 e. The van der Waals surface area contributed by atoms with E-state index >= 15 is 0 Å². The van der Waals surface area contributed by atoms with Gasteiger partial charge in [0.2, 0.25) is 11.8 Å². The number of imide groups is 1. The van der Waals surface area contributed by atoms with Crippen molar-refractivity contribution in [1.29, 1.82) is 0 Å². The van der Waals surface area contributed by atoms with Crippen LogP contribution in [0.25, 0.3) is 0 Å². The van der Waals surface area contributed by atoms with Gasteiger partial charge in [-0.05, 0) is 30.0 Å². The minimum atomic E-state index is -0.223. The number of carbonyl (C=O) groups is 2. The molecule has 0 aromatic heterocycles. The highest BCUT2D eigenvalue weighted by atomic mass is 16.5. The summed E-state index contributed by atoms with van der Waals surface area (Å²) in [5, 5.41) is 2.38. The number of benzene rings is 1. The Morgan fingerprint density at radius 3 is 2.78 bits per heavy atom. The van der Waals surface area contributed by atoms with Gasteiger partial charge in [0.05, 0.1) is 13.0 Å². The average Bonchev–Trinajstić information content (AvgIpc) is 2.38. The number of hydrogen-bond acceptors (Lipinski definition) is 3. The lowest BCUT2D eigenvalue weighted by molar-refractivity contribution is -0.134. The Labute approximate surface area is 106 Å². The molecule has 0 saturated carbocycles. The summed E-state index contributed by atoms with van der Waals surface area (Å²) in [7, 11) is 1.64. The third-order valence-electron chi connectivity index (χ3n) is 3.33. The first-order chi connectivity index (χ1) is 8.65. The highest BCUT2D eigenvalue weighted by molar-refractivity contribution is 6.00. The van der Waals surface area contributed by atoms with Crippen LogP contribution in [0.1, 0.15) is 36.8 Å². The predicted octanol–water partition coefficient (Wildman–Crippen LogP) is 1.78. The van der Waals surface area contributed by atoms with E-state index in [1.807, 2.05) is 25.1 Å². The number of piperidine rings is 1. The monoisotopic (exact) mass is 247 g/mol. The van der Waals surface area contributed by atoms with Crippen molar-refractivity contribution < 1.29 is 14.3 Å². The molecule has 1 heterocycles. The van der Waals surface area contributed by atoms with E-state index in [1.54, 1.807) is 7.11 Å². The number of rotatable bonds is 3. The van der Waals surface area contributed by atoms with E-state index in [1.165, 1.54) is 0 Å². The lowest BCUT2D eigenvalue weighted by Crippen LogP contribution is -2.39. The Kier molecular flexibility index (Phi) is 3.65.